The van der Waals surface area contributed by atoms with E-state index in [4.69, 9.17) is 9.47 Å². The summed E-state index contributed by atoms with van der Waals surface area (Å²) in [6, 6.07) is 27.2. The fraction of sp³-hybridized carbons (Fsp3) is 0.280. The van der Waals surface area contributed by atoms with Crippen LogP contribution in [0.1, 0.15) is 37.3 Å². The molecule has 0 aliphatic heterocycles. The van der Waals surface area contributed by atoms with Gasteiger partial charge in [-0.05, 0) is 35.1 Å². The van der Waals surface area contributed by atoms with Crippen LogP contribution in [0.25, 0.3) is 11.1 Å². The number of hydrogen-bond donors (Lipinski definition) is 0. The fourth-order valence-corrected chi connectivity index (χ4v) is 3.03. The molecule has 1 unspecified atom stereocenters. The second-order valence-corrected chi connectivity index (χ2v) is 6.81. The molecule has 2 heteroatoms. The molecule has 3 aromatic carbocycles. The van der Waals surface area contributed by atoms with Gasteiger partial charge in [0.05, 0.1) is 13.2 Å². The van der Waals surface area contributed by atoms with Crippen molar-refractivity contribution >= 4 is 0 Å². The highest BCUT2D eigenvalue weighted by Crippen LogP contribution is 2.29. The SMILES string of the molecule is CCC(C)c1ccc(COCCOc2ccccc2-c2ccccc2)cc1. The van der Waals surface area contributed by atoms with Crippen molar-refractivity contribution in [3.05, 3.63) is 90.0 Å². The molecule has 3 aromatic rings. The molecule has 0 saturated carbocycles. The van der Waals surface area contributed by atoms with Crippen molar-refractivity contribution in [3.63, 3.8) is 0 Å². The van der Waals surface area contributed by atoms with E-state index in [0.29, 0.717) is 25.7 Å². The molecule has 0 heterocycles. The van der Waals surface area contributed by atoms with Crippen LogP contribution in [0, 0.1) is 0 Å². The van der Waals surface area contributed by atoms with Crippen LogP contribution in [0.3, 0.4) is 0 Å². The van der Waals surface area contributed by atoms with Gasteiger partial charge >= 0.3 is 0 Å². The van der Waals surface area contributed by atoms with Gasteiger partial charge in [-0.3, -0.25) is 0 Å². The molecule has 1 atom stereocenters. The molecule has 0 aliphatic carbocycles. The minimum absolute atomic E-state index is 0.537. The second kappa shape index (κ2) is 9.94. The van der Waals surface area contributed by atoms with Crippen LogP contribution in [0.15, 0.2) is 78.9 Å². The van der Waals surface area contributed by atoms with Crippen molar-refractivity contribution in [1.29, 1.82) is 0 Å². The molecular formula is C25H28O2. The zero-order valence-electron chi connectivity index (χ0n) is 16.2. The Morgan fingerprint density at radius 1 is 0.778 bits per heavy atom. The molecule has 0 aromatic heterocycles. The topological polar surface area (TPSA) is 18.5 Å². The maximum absolute atomic E-state index is 5.97. The Labute approximate surface area is 162 Å². The number of hydrogen-bond acceptors (Lipinski definition) is 2. The molecule has 0 amide bonds. The van der Waals surface area contributed by atoms with Gasteiger partial charge < -0.3 is 9.47 Å². The second-order valence-electron chi connectivity index (χ2n) is 6.81. The first-order chi connectivity index (χ1) is 13.3. The molecule has 0 N–H and O–H groups in total. The molecule has 140 valence electrons. The van der Waals surface area contributed by atoms with Crippen molar-refractivity contribution in [1.82, 2.24) is 0 Å². The zero-order valence-corrected chi connectivity index (χ0v) is 16.2. The largest absolute Gasteiger partial charge is 0.491 e. The maximum Gasteiger partial charge on any atom is 0.127 e. The van der Waals surface area contributed by atoms with Gasteiger partial charge in [0.2, 0.25) is 0 Å². The van der Waals surface area contributed by atoms with Crippen molar-refractivity contribution in [2.24, 2.45) is 0 Å². The van der Waals surface area contributed by atoms with Crippen LogP contribution in [0.5, 0.6) is 5.75 Å². The van der Waals surface area contributed by atoms with Crippen LogP contribution < -0.4 is 4.74 Å². The Morgan fingerprint density at radius 2 is 1.48 bits per heavy atom. The normalized spacial score (nSPS) is 11.9. The molecule has 0 bridgehead atoms. The first-order valence-corrected chi connectivity index (χ1v) is 9.71. The van der Waals surface area contributed by atoms with E-state index >= 15 is 0 Å². The molecule has 0 spiro atoms. The van der Waals surface area contributed by atoms with Gasteiger partial charge in [0.15, 0.2) is 0 Å². The average molecular weight is 360 g/mol. The minimum Gasteiger partial charge on any atom is -0.491 e. The molecule has 0 saturated heterocycles. The van der Waals surface area contributed by atoms with Gasteiger partial charge in [-0.1, -0.05) is 86.6 Å². The van der Waals surface area contributed by atoms with Crippen LogP contribution in [0.4, 0.5) is 0 Å². The van der Waals surface area contributed by atoms with Crippen molar-refractivity contribution in [2.75, 3.05) is 13.2 Å². The summed E-state index contributed by atoms with van der Waals surface area (Å²) in [5, 5.41) is 0. The number of rotatable bonds is 9. The van der Waals surface area contributed by atoms with Crippen molar-refractivity contribution < 1.29 is 9.47 Å². The van der Waals surface area contributed by atoms with E-state index < -0.39 is 0 Å². The van der Waals surface area contributed by atoms with E-state index in [9.17, 15) is 0 Å². The smallest absolute Gasteiger partial charge is 0.127 e. The van der Waals surface area contributed by atoms with Crippen LogP contribution in [-0.4, -0.2) is 13.2 Å². The summed E-state index contributed by atoms with van der Waals surface area (Å²) in [6.45, 7) is 6.20. The van der Waals surface area contributed by atoms with Gasteiger partial charge in [0.25, 0.3) is 0 Å². The molecule has 0 aliphatic rings. The van der Waals surface area contributed by atoms with Crippen LogP contribution in [-0.2, 0) is 11.3 Å². The Bertz CT molecular complexity index is 809. The summed E-state index contributed by atoms with van der Waals surface area (Å²) in [6.07, 6.45) is 1.16. The van der Waals surface area contributed by atoms with Crippen molar-refractivity contribution in [2.45, 2.75) is 32.8 Å². The highest BCUT2D eigenvalue weighted by Gasteiger charge is 2.05. The lowest BCUT2D eigenvalue weighted by atomic mass is 9.98. The number of para-hydroxylation sites is 1. The Morgan fingerprint density at radius 3 is 2.22 bits per heavy atom. The summed E-state index contributed by atoms with van der Waals surface area (Å²) in [5.41, 5.74) is 4.86. The Kier molecular flexibility index (Phi) is 7.06. The molecule has 2 nitrogen and oxygen atoms in total. The molecule has 0 radical (unpaired) electrons. The molecule has 0 fully saturated rings. The lowest BCUT2D eigenvalue weighted by Gasteiger charge is -2.12. The molecular weight excluding hydrogens is 332 g/mol. The highest BCUT2D eigenvalue weighted by molar-refractivity contribution is 5.70. The minimum atomic E-state index is 0.537. The summed E-state index contributed by atoms with van der Waals surface area (Å²) >= 11 is 0. The highest BCUT2D eigenvalue weighted by atomic mass is 16.5. The molecule has 27 heavy (non-hydrogen) atoms. The summed E-state index contributed by atoms with van der Waals surface area (Å²) in [5.74, 6) is 1.50. The quantitative estimate of drug-likeness (QED) is 0.408. The average Bonchev–Trinajstić information content (AvgIpc) is 2.74. The Balaban J connectivity index is 1.47. The lowest BCUT2D eigenvalue weighted by Crippen LogP contribution is -2.07. The molecule has 3 rings (SSSR count). The van der Waals surface area contributed by atoms with Gasteiger partial charge in [-0.15, -0.1) is 0 Å². The predicted molar refractivity (Wildman–Crippen MR) is 112 cm³/mol. The fourth-order valence-electron chi connectivity index (χ4n) is 3.03. The van der Waals surface area contributed by atoms with E-state index in [1.54, 1.807) is 0 Å². The van der Waals surface area contributed by atoms with Crippen molar-refractivity contribution in [3.8, 4) is 16.9 Å². The van der Waals surface area contributed by atoms with Gasteiger partial charge in [0, 0.05) is 5.56 Å². The van der Waals surface area contributed by atoms with Gasteiger partial charge in [-0.25, -0.2) is 0 Å². The van der Waals surface area contributed by atoms with Gasteiger partial charge in [-0.2, -0.15) is 0 Å². The van der Waals surface area contributed by atoms with Gasteiger partial charge in [0.1, 0.15) is 12.4 Å². The van der Waals surface area contributed by atoms with E-state index in [0.717, 1.165) is 23.3 Å². The van der Waals surface area contributed by atoms with E-state index in [1.165, 1.54) is 11.1 Å². The number of benzene rings is 3. The summed E-state index contributed by atoms with van der Waals surface area (Å²) in [4.78, 5) is 0. The standard InChI is InChI=1S/C25H28O2/c1-3-20(2)22-15-13-21(14-16-22)19-26-17-18-27-25-12-8-7-11-24(25)23-9-5-4-6-10-23/h4-16,20H,3,17-19H2,1-2H3. The third kappa shape index (κ3) is 5.45. The first kappa shape index (κ1) is 19.2. The predicted octanol–water partition coefficient (Wildman–Crippen LogP) is 6.46. The Hall–Kier alpha value is -2.58. The van der Waals surface area contributed by atoms with Crippen LogP contribution in [0.2, 0.25) is 0 Å². The summed E-state index contributed by atoms with van der Waals surface area (Å²) in [7, 11) is 0. The maximum atomic E-state index is 5.97. The summed E-state index contributed by atoms with van der Waals surface area (Å²) < 4.78 is 11.8. The number of ether oxygens (including phenoxy) is 2. The van der Waals surface area contributed by atoms with Crippen LogP contribution >= 0.6 is 0 Å². The van der Waals surface area contributed by atoms with E-state index in [1.807, 2.05) is 36.4 Å². The third-order valence-corrected chi connectivity index (χ3v) is 4.89. The monoisotopic (exact) mass is 360 g/mol. The lowest BCUT2D eigenvalue weighted by molar-refractivity contribution is 0.0891. The first-order valence-electron chi connectivity index (χ1n) is 9.71. The third-order valence-electron chi connectivity index (χ3n) is 4.89. The van der Waals surface area contributed by atoms with E-state index in [2.05, 4.69) is 56.3 Å². The van der Waals surface area contributed by atoms with E-state index in [-0.39, 0.29) is 0 Å². The zero-order chi connectivity index (χ0) is 18.9.